The third-order valence-electron chi connectivity index (χ3n) is 4.55. The predicted molar refractivity (Wildman–Crippen MR) is 82.2 cm³/mol. The lowest BCUT2D eigenvalue weighted by Crippen LogP contribution is -2.62. The van der Waals surface area contributed by atoms with Gasteiger partial charge < -0.3 is 10.6 Å². The number of hydrogen-bond donors (Lipinski definition) is 1. The van der Waals surface area contributed by atoms with Gasteiger partial charge in [-0.2, -0.15) is 0 Å². The first kappa shape index (κ1) is 14.5. The van der Waals surface area contributed by atoms with E-state index in [9.17, 15) is 9.59 Å². The number of rotatable bonds is 3. The van der Waals surface area contributed by atoms with Crippen molar-refractivity contribution in [2.24, 2.45) is 11.7 Å². The van der Waals surface area contributed by atoms with Crippen LogP contribution in [0, 0.1) is 12.8 Å². The van der Waals surface area contributed by atoms with Crippen LogP contribution < -0.4 is 5.73 Å². The summed E-state index contributed by atoms with van der Waals surface area (Å²) in [5.41, 5.74) is 5.35. The van der Waals surface area contributed by atoms with E-state index >= 15 is 0 Å². The van der Waals surface area contributed by atoms with Gasteiger partial charge in [-0.1, -0.05) is 0 Å². The molecule has 3 heterocycles. The van der Waals surface area contributed by atoms with Crippen LogP contribution in [-0.2, 0) is 4.79 Å². The Balaban J connectivity index is 1.48. The monoisotopic (exact) mass is 307 g/mol. The maximum absolute atomic E-state index is 12.3. The van der Waals surface area contributed by atoms with Crippen LogP contribution in [0.25, 0.3) is 0 Å². The van der Waals surface area contributed by atoms with E-state index < -0.39 is 0 Å². The second-order valence-electron chi connectivity index (χ2n) is 5.99. The molecule has 0 saturated carbocycles. The van der Waals surface area contributed by atoms with Crippen LogP contribution in [0.5, 0.6) is 0 Å². The molecule has 2 aliphatic heterocycles. The topological polar surface area (TPSA) is 66.6 Å². The van der Waals surface area contributed by atoms with Crippen molar-refractivity contribution in [1.82, 2.24) is 9.80 Å². The second-order valence-corrected chi connectivity index (χ2v) is 7.27. The standard InChI is InChI=1S/C15H21N3O2S/c1-10-2-3-13(21-10)15(20)18-8-12(9-18)17-6-4-11(5-7-17)14(16)19/h2-3,11-12H,4-9H2,1H3,(H2,16,19). The minimum Gasteiger partial charge on any atom is -0.369 e. The normalized spacial score (nSPS) is 21.3. The molecular formula is C15H21N3O2S. The molecule has 0 spiro atoms. The van der Waals surface area contributed by atoms with Gasteiger partial charge >= 0.3 is 0 Å². The highest BCUT2D eigenvalue weighted by atomic mass is 32.1. The lowest BCUT2D eigenvalue weighted by atomic mass is 9.94. The Labute approximate surface area is 128 Å². The van der Waals surface area contributed by atoms with Crippen LogP contribution >= 0.6 is 11.3 Å². The minimum absolute atomic E-state index is 0.0353. The van der Waals surface area contributed by atoms with E-state index in [1.165, 1.54) is 4.88 Å². The average Bonchev–Trinajstić information content (AvgIpc) is 2.84. The highest BCUT2D eigenvalue weighted by molar-refractivity contribution is 7.13. The van der Waals surface area contributed by atoms with Gasteiger partial charge in [-0.15, -0.1) is 11.3 Å². The average molecular weight is 307 g/mol. The fourth-order valence-electron chi connectivity index (χ4n) is 3.11. The van der Waals surface area contributed by atoms with Crippen LogP contribution in [0.4, 0.5) is 0 Å². The van der Waals surface area contributed by atoms with E-state index in [1.807, 2.05) is 24.0 Å². The van der Waals surface area contributed by atoms with Crippen LogP contribution in [0.2, 0.25) is 0 Å². The molecule has 1 aromatic rings. The van der Waals surface area contributed by atoms with E-state index in [2.05, 4.69) is 4.90 Å². The first-order chi connectivity index (χ1) is 10.0. The van der Waals surface area contributed by atoms with Gasteiger partial charge in [0.1, 0.15) is 0 Å². The number of thiophene rings is 1. The summed E-state index contributed by atoms with van der Waals surface area (Å²) in [6, 6.07) is 4.35. The molecule has 114 valence electrons. The number of primary amides is 1. The van der Waals surface area contributed by atoms with Crippen LogP contribution in [0.15, 0.2) is 12.1 Å². The summed E-state index contributed by atoms with van der Waals surface area (Å²) in [6.07, 6.45) is 1.70. The van der Waals surface area contributed by atoms with Gasteiger partial charge in [0.2, 0.25) is 5.91 Å². The lowest BCUT2D eigenvalue weighted by Gasteiger charge is -2.47. The first-order valence-corrected chi connectivity index (χ1v) is 8.25. The summed E-state index contributed by atoms with van der Waals surface area (Å²) >= 11 is 1.56. The molecule has 0 aliphatic carbocycles. The molecule has 0 bridgehead atoms. The highest BCUT2D eigenvalue weighted by Gasteiger charge is 2.37. The summed E-state index contributed by atoms with van der Waals surface area (Å²) in [6.45, 7) is 5.45. The second kappa shape index (κ2) is 5.77. The fourth-order valence-corrected chi connectivity index (χ4v) is 3.94. The van der Waals surface area contributed by atoms with Crippen LogP contribution in [0.1, 0.15) is 27.4 Å². The molecule has 0 radical (unpaired) electrons. The molecule has 21 heavy (non-hydrogen) atoms. The molecule has 2 aliphatic rings. The van der Waals surface area contributed by atoms with Crippen molar-refractivity contribution in [2.75, 3.05) is 26.2 Å². The largest absolute Gasteiger partial charge is 0.369 e. The molecule has 2 saturated heterocycles. The fraction of sp³-hybridized carbons (Fsp3) is 0.600. The van der Waals surface area contributed by atoms with E-state index in [0.717, 1.165) is 43.9 Å². The van der Waals surface area contributed by atoms with Gasteiger partial charge in [0.25, 0.3) is 5.91 Å². The number of carbonyl (C=O) groups excluding carboxylic acids is 2. The molecular weight excluding hydrogens is 286 g/mol. The number of likely N-dealkylation sites (tertiary alicyclic amines) is 2. The molecule has 1 aromatic heterocycles. The van der Waals surface area contributed by atoms with E-state index in [1.54, 1.807) is 11.3 Å². The third-order valence-corrected chi connectivity index (χ3v) is 5.54. The first-order valence-electron chi connectivity index (χ1n) is 7.43. The minimum atomic E-state index is -0.173. The zero-order valence-corrected chi connectivity index (χ0v) is 13.1. The number of nitrogens with two attached hydrogens (primary N) is 1. The summed E-state index contributed by atoms with van der Waals surface area (Å²) in [7, 11) is 0. The van der Waals surface area contributed by atoms with Crippen molar-refractivity contribution < 1.29 is 9.59 Å². The summed E-state index contributed by atoms with van der Waals surface area (Å²) in [5, 5.41) is 0. The Hall–Kier alpha value is -1.40. The number of aryl methyl sites for hydroxylation is 1. The molecule has 2 N–H and O–H groups in total. The van der Waals surface area contributed by atoms with Gasteiger partial charge in [-0.25, -0.2) is 0 Å². The quantitative estimate of drug-likeness (QED) is 0.908. The number of amides is 2. The van der Waals surface area contributed by atoms with Crippen molar-refractivity contribution >= 4 is 23.2 Å². The van der Waals surface area contributed by atoms with Crippen molar-refractivity contribution in [3.8, 4) is 0 Å². The highest BCUT2D eigenvalue weighted by Crippen LogP contribution is 2.25. The summed E-state index contributed by atoms with van der Waals surface area (Å²) in [4.78, 5) is 29.7. The SMILES string of the molecule is Cc1ccc(C(=O)N2CC(N3CCC(C(N)=O)CC3)C2)s1. The Morgan fingerprint density at radius 1 is 1.24 bits per heavy atom. The smallest absolute Gasteiger partial charge is 0.264 e. The molecule has 3 rings (SSSR count). The molecule has 5 nitrogen and oxygen atoms in total. The molecule has 2 amide bonds. The van der Waals surface area contributed by atoms with Crippen LogP contribution in [0.3, 0.4) is 0 Å². The summed E-state index contributed by atoms with van der Waals surface area (Å²) < 4.78 is 0. The number of carbonyl (C=O) groups is 2. The molecule has 6 heteroatoms. The van der Waals surface area contributed by atoms with Crippen molar-refractivity contribution in [3.05, 3.63) is 21.9 Å². The van der Waals surface area contributed by atoms with Gasteiger partial charge in [-0.3, -0.25) is 14.5 Å². The van der Waals surface area contributed by atoms with Crippen molar-refractivity contribution in [1.29, 1.82) is 0 Å². The lowest BCUT2D eigenvalue weighted by molar-refractivity contribution is -0.123. The van der Waals surface area contributed by atoms with E-state index in [-0.39, 0.29) is 17.7 Å². The Bertz CT molecular complexity index is 543. The summed E-state index contributed by atoms with van der Waals surface area (Å²) in [5.74, 6) is 0.0117. The Morgan fingerprint density at radius 2 is 1.90 bits per heavy atom. The van der Waals surface area contributed by atoms with Gasteiger partial charge in [0.15, 0.2) is 0 Å². The zero-order valence-electron chi connectivity index (χ0n) is 12.2. The van der Waals surface area contributed by atoms with E-state index in [0.29, 0.717) is 6.04 Å². The number of piperidine rings is 1. The molecule has 0 unspecified atom stereocenters. The maximum atomic E-state index is 12.3. The maximum Gasteiger partial charge on any atom is 0.264 e. The Kier molecular flexibility index (Phi) is 3.99. The van der Waals surface area contributed by atoms with Crippen molar-refractivity contribution in [2.45, 2.75) is 25.8 Å². The van der Waals surface area contributed by atoms with Gasteiger partial charge in [0.05, 0.1) is 4.88 Å². The Morgan fingerprint density at radius 3 is 2.43 bits per heavy atom. The zero-order chi connectivity index (χ0) is 15.0. The number of hydrogen-bond acceptors (Lipinski definition) is 4. The van der Waals surface area contributed by atoms with Crippen molar-refractivity contribution in [3.63, 3.8) is 0 Å². The number of nitrogens with zero attached hydrogens (tertiary/aromatic N) is 2. The predicted octanol–water partition coefficient (Wildman–Crippen LogP) is 1.08. The van der Waals surface area contributed by atoms with E-state index in [4.69, 9.17) is 5.73 Å². The van der Waals surface area contributed by atoms with Gasteiger partial charge in [-0.05, 0) is 45.0 Å². The molecule has 2 fully saturated rings. The third kappa shape index (κ3) is 2.96. The molecule has 0 aromatic carbocycles. The van der Waals surface area contributed by atoms with Crippen LogP contribution in [-0.4, -0.2) is 53.8 Å². The molecule has 0 atom stereocenters. The van der Waals surface area contributed by atoms with Gasteiger partial charge in [0, 0.05) is 29.9 Å².